The van der Waals surface area contributed by atoms with Crippen LogP contribution in [-0.4, -0.2) is 29.2 Å². The van der Waals surface area contributed by atoms with E-state index in [9.17, 15) is 4.79 Å². The Hall–Kier alpha value is -3.35. The molecule has 4 rings (SSSR count). The van der Waals surface area contributed by atoms with Gasteiger partial charge in [-0.1, -0.05) is 24.2 Å². The molecule has 0 bridgehead atoms. The normalized spacial score (nSPS) is 13.2. The molecule has 0 atom stereocenters. The van der Waals surface area contributed by atoms with Gasteiger partial charge in [0.1, 0.15) is 11.5 Å². The fourth-order valence-electron chi connectivity index (χ4n) is 3.09. The maximum Gasteiger partial charge on any atom is 0.265 e. The third-order valence-corrected chi connectivity index (χ3v) is 4.43. The van der Waals surface area contributed by atoms with Gasteiger partial charge in [-0.15, -0.1) is 0 Å². The van der Waals surface area contributed by atoms with Crippen LogP contribution in [0.1, 0.15) is 24.8 Å². The SMILES string of the molecule is CCCN1C(=O)COc2ccc(-c3noc(COc4cccc(C)c4)n3)cc21. The van der Waals surface area contributed by atoms with Gasteiger partial charge in [-0.05, 0) is 49.2 Å². The molecule has 3 aromatic rings. The van der Waals surface area contributed by atoms with Crippen LogP contribution in [0.25, 0.3) is 11.4 Å². The van der Waals surface area contributed by atoms with Gasteiger partial charge in [0.05, 0.1) is 5.69 Å². The first-order valence-corrected chi connectivity index (χ1v) is 9.23. The first-order valence-electron chi connectivity index (χ1n) is 9.23. The summed E-state index contributed by atoms with van der Waals surface area (Å²) in [6, 6.07) is 13.3. The maximum absolute atomic E-state index is 12.2. The van der Waals surface area contributed by atoms with E-state index in [1.807, 2.05) is 56.3 Å². The molecule has 0 radical (unpaired) electrons. The number of nitrogens with zero attached hydrogens (tertiary/aromatic N) is 3. The summed E-state index contributed by atoms with van der Waals surface area (Å²) in [4.78, 5) is 18.3. The number of aromatic nitrogens is 2. The standard InChI is InChI=1S/C21H21N3O4/c1-3-9-24-17-11-15(7-8-18(17)27-13-20(24)25)21-22-19(28-23-21)12-26-16-6-4-5-14(2)10-16/h4-8,10-11H,3,9,12-13H2,1-2H3. The largest absolute Gasteiger partial charge is 0.484 e. The molecule has 7 nitrogen and oxygen atoms in total. The molecule has 0 spiro atoms. The van der Waals surface area contributed by atoms with Crippen molar-refractivity contribution in [2.75, 3.05) is 18.1 Å². The Morgan fingerprint density at radius 2 is 2.11 bits per heavy atom. The van der Waals surface area contributed by atoms with Gasteiger partial charge in [0.15, 0.2) is 13.2 Å². The number of hydrogen-bond acceptors (Lipinski definition) is 6. The minimum absolute atomic E-state index is 0.0492. The molecule has 2 aromatic carbocycles. The summed E-state index contributed by atoms with van der Waals surface area (Å²) >= 11 is 0. The van der Waals surface area contributed by atoms with Gasteiger partial charge >= 0.3 is 0 Å². The number of benzene rings is 2. The first kappa shape index (κ1) is 18.0. The molecule has 1 amide bonds. The highest BCUT2D eigenvalue weighted by Gasteiger charge is 2.25. The zero-order valence-electron chi connectivity index (χ0n) is 15.8. The smallest absolute Gasteiger partial charge is 0.265 e. The van der Waals surface area contributed by atoms with E-state index in [0.717, 1.165) is 29.0 Å². The van der Waals surface area contributed by atoms with Crippen molar-refractivity contribution < 1.29 is 18.8 Å². The van der Waals surface area contributed by atoms with E-state index in [1.54, 1.807) is 4.90 Å². The fourth-order valence-corrected chi connectivity index (χ4v) is 3.09. The monoisotopic (exact) mass is 379 g/mol. The van der Waals surface area contributed by atoms with Crippen LogP contribution in [0, 0.1) is 6.92 Å². The van der Waals surface area contributed by atoms with Crippen molar-refractivity contribution >= 4 is 11.6 Å². The molecule has 144 valence electrons. The number of fused-ring (bicyclic) bond motifs is 1. The van der Waals surface area contributed by atoms with Crippen molar-refractivity contribution in [3.63, 3.8) is 0 Å². The quantitative estimate of drug-likeness (QED) is 0.649. The molecule has 1 aliphatic rings. The van der Waals surface area contributed by atoms with Gasteiger partial charge in [0.25, 0.3) is 11.8 Å². The molecule has 0 fully saturated rings. The molecule has 1 aliphatic heterocycles. The lowest BCUT2D eigenvalue weighted by atomic mass is 10.1. The third kappa shape index (κ3) is 3.69. The van der Waals surface area contributed by atoms with Crippen LogP contribution in [0.4, 0.5) is 5.69 Å². The number of carbonyl (C=O) groups excluding carboxylic acids is 1. The van der Waals surface area contributed by atoms with E-state index in [0.29, 0.717) is 24.0 Å². The summed E-state index contributed by atoms with van der Waals surface area (Å²) in [6.07, 6.45) is 0.859. The van der Waals surface area contributed by atoms with Gasteiger partial charge < -0.3 is 18.9 Å². The van der Waals surface area contributed by atoms with Gasteiger partial charge in [-0.2, -0.15) is 4.98 Å². The highest BCUT2D eigenvalue weighted by molar-refractivity contribution is 5.98. The average molecular weight is 379 g/mol. The third-order valence-electron chi connectivity index (χ3n) is 4.43. The molecule has 28 heavy (non-hydrogen) atoms. The molecule has 1 aromatic heterocycles. The lowest BCUT2D eigenvalue weighted by Crippen LogP contribution is -2.39. The van der Waals surface area contributed by atoms with Crippen molar-refractivity contribution in [3.05, 3.63) is 53.9 Å². The molecule has 2 heterocycles. The van der Waals surface area contributed by atoms with Gasteiger partial charge in [-0.3, -0.25) is 4.79 Å². The predicted molar refractivity (Wildman–Crippen MR) is 103 cm³/mol. The van der Waals surface area contributed by atoms with Crippen LogP contribution in [-0.2, 0) is 11.4 Å². The maximum atomic E-state index is 12.2. The van der Waals surface area contributed by atoms with E-state index in [-0.39, 0.29) is 19.1 Å². The summed E-state index contributed by atoms with van der Waals surface area (Å²) in [6.45, 7) is 4.93. The Labute approximate surface area is 162 Å². The molecule has 0 aliphatic carbocycles. The summed E-state index contributed by atoms with van der Waals surface area (Å²) in [7, 11) is 0. The minimum Gasteiger partial charge on any atom is -0.484 e. The van der Waals surface area contributed by atoms with E-state index < -0.39 is 0 Å². The van der Waals surface area contributed by atoms with E-state index in [4.69, 9.17) is 14.0 Å². The topological polar surface area (TPSA) is 77.7 Å². The number of amides is 1. The number of anilines is 1. The number of ether oxygens (including phenoxy) is 2. The zero-order chi connectivity index (χ0) is 19.5. The Balaban J connectivity index is 1.53. The molecular formula is C21H21N3O4. The van der Waals surface area contributed by atoms with Crippen LogP contribution < -0.4 is 14.4 Å². The molecule has 0 saturated heterocycles. The van der Waals surface area contributed by atoms with Crippen LogP contribution in [0.5, 0.6) is 11.5 Å². The van der Waals surface area contributed by atoms with E-state index in [2.05, 4.69) is 10.1 Å². The first-order chi connectivity index (χ1) is 13.6. The van der Waals surface area contributed by atoms with Crippen molar-refractivity contribution in [1.29, 1.82) is 0 Å². The predicted octanol–water partition coefficient (Wildman–Crippen LogP) is 3.76. The van der Waals surface area contributed by atoms with Gasteiger partial charge in [-0.25, -0.2) is 0 Å². The lowest BCUT2D eigenvalue weighted by Gasteiger charge is -2.29. The van der Waals surface area contributed by atoms with Crippen LogP contribution in [0.2, 0.25) is 0 Å². The Bertz CT molecular complexity index is 999. The average Bonchev–Trinajstić information content (AvgIpc) is 3.17. The Kier molecular flexibility index (Phi) is 4.97. The highest BCUT2D eigenvalue weighted by Crippen LogP contribution is 2.35. The Morgan fingerprint density at radius 3 is 2.93 bits per heavy atom. The molecule has 0 unspecified atom stereocenters. The van der Waals surface area contributed by atoms with Gasteiger partial charge in [0, 0.05) is 12.1 Å². The molecular weight excluding hydrogens is 358 g/mol. The number of hydrogen-bond donors (Lipinski definition) is 0. The van der Waals surface area contributed by atoms with E-state index in [1.165, 1.54) is 0 Å². The van der Waals surface area contributed by atoms with Crippen molar-refractivity contribution in [3.8, 4) is 22.9 Å². The van der Waals surface area contributed by atoms with Crippen LogP contribution in [0.3, 0.4) is 0 Å². The second-order valence-electron chi connectivity index (χ2n) is 6.63. The van der Waals surface area contributed by atoms with Crippen LogP contribution >= 0.6 is 0 Å². The van der Waals surface area contributed by atoms with E-state index >= 15 is 0 Å². The Morgan fingerprint density at radius 1 is 1.21 bits per heavy atom. The van der Waals surface area contributed by atoms with Crippen LogP contribution in [0.15, 0.2) is 47.0 Å². The van der Waals surface area contributed by atoms with Crippen molar-refractivity contribution in [1.82, 2.24) is 10.1 Å². The summed E-state index contributed by atoms with van der Waals surface area (Å²) in [5.41, 5.74) is 2.60. The van der Waals surface area contributed by atoms with Gasteiger partial charge in [0.2, 0.25) is 5.82 Å². The number of carbonyl (C=O) groups is 1. The molecule has 7 heteroatoms. The minimum atomic E-state index is -0.0492. The zero-order valence-corrected chi connectivity index (χ0v) is 15.8. The molecule has 0 saturated carbocycles. The lowest BCUT2D eigenvalue weighted by molar-refractivity contribution is -0.121. The molecule has 0 N–H and O–H groups in total. The second kappa shape index (κ2) is 7.72. The number of aryl methyl sites for hydroxylation is 1. The highest BCUT2D eigenvalue weighted by atomic mass is 16.5. The van der Waals surface area contributed by atoms with Crippen molar-refractivity contribution in [2.45, 2.75) is 26.9 Å². The summed E-state index contributed by atoms with van der Waals surface area (Å²) in [5, 5.41) is 4.04. The fraction of sp³-hybridized carbons (Fsp3) is 0.286. The number of rotatable bonds is 6. The summed E-state index contributed by atoms with van der Waals surface area (Å²) < 4.78 is 16.5. The summed E-state index contributed by atoms with van der Waals surface area (Å²) in [5.74, 6) is 2.21. The second-order valence-corrected chi connectivity index (χ2v) is 6.63. The van der Waals surface area contributed by atoms with Crippen molar-refractivity contribution in [2.24, 2.45) is 0 Å².